The Hall–Kier alpha value is -2.64. The van der Waals surface area contributed by atoms with Crippen LogP contribution in [-0.2, 0) is 9.59 Å². The molecule has 0 saturated heterocycles. The number of hydrazone groups is 1. The van der Waals surface area contributed by atoms with E-state index in [0.29, 0.717) is 17.2 Å². The van der Waals surface area contributed by atoms with E-state index < -0.39 is 6.04 Å². The molecule has 1 aromatic carbocycles. The molecule has 1 aliphatic heterocycles. The largest absolute Gasteiger partial charge is 0.467 e. The average Bonchev–Trinajstić information content (AvgIpc) is 3.35. The van der Waals surface area contributed by atoms with Crippen LogP contribution in [0, 0.1) is 0 Å². The van der Waals surface area contributed by atoms with E-state index in [9.17, 15) is 9.59 Å². The fraction of sp³-hybridized carbons (Fsp3) is 0.316. The third kappa shape index (κ3) is 4.37. The Morgan fingerprint density at radius 3 is 2.70 bits per heavy atom. The van der Waals surface area contributed by atoms with E-state index >= 15 is 0 Å². The molecule has 0 aliphatic carbocycles. The summed E-state index contributed by atoms with van der Waals surface area (Å²) in [6.07, 6.45) is 2.11. The molecule has 2 N–H and O–H groups in total. The molecule has 0 bridgehead atoms. The molecule has 142 valence electrons. The van der Waals surface area contributed by atoms with Gasteiger partial charge in [0.05, 0.1) is 24.6 Å². The van der Waals surface area contributed by atoms with Crippen LogP contribution in [0.25, 0.3) is 0 Å². The zero-order valence-corrected chi connectivity index (χ0v) is 15.9. The number of furan rings is 1. The van der Waals surface area contributed by atoms with Gasteiger partial charge in [-0.15, -0.1) is 0 Å². The van der Waals surface area contributed by atoms with Crippen molar-refractivity contribution in [1.82, 2.24) is 15.6 Å². The van der Waals surface area contributed by atoms with Gasteiger partial charge in [-0.2, -0.15) is 5.10 Å². The lowest BCUT2D eigenvalue weighted by atomic mass is 10.0. The summed E-state index contributed by atoms with van der Waals surface area (Å²) in [5.74, 6) is 0.239. The lowest BCUT2D eigenvalue weighted by Gasteiger charge is -2.23. The number of nitrogens with zero attached hydrogens (tertiary/aromatic N) is 2. The predicted molar refractivity (Wildman–Crippen MR) is 102 cm³/mol. The summed E-state index contributed by atoms with van der Waals surface area (Å²) in [4.78, 5) is 24.4. The highest BCUT2D eigenvalue weighted by Gasteiger charge is 2.36. The fourth-order valence-corrected chi connectivity index (χ4v) is 2.98. The zero-order valence-electron chi connectivity index (χ0n) is 15.1. The molecule has 2 heterocycles. The third-order valence-corrected chi connectivity index (χ3v) is 4.66. The van der Waals surface area contributed by atoms with E-state index in [1.165, 1.54) is 5.01 Å². The summed E-state index contributed by atoms with van der Waals surface area (Å²) in [5.41, 5.74) is 1.68. The Morgan fingerprint density at radius 1 is 1.33 bits per heavy atom. The Kier molecular flexibility index (Phi) is 5.93. The number of amides is 2. The minimum Gasteiger partial charge on any atom is -0.467 e. The molecule has 0 unspecified atom stereocenters. The van der Waals surface area contributed by atoms with Crippen LogP contribution in [-0.4, -0.2) is 42.2 Å². The lowest BCUT2D eigenvalue weighted by molar-refractivity contribution is -0.135. The van der Waals surface area contributed by atoms with Gasteiger partial charge in [0.2, 0.25) is 5.91 Å². The maximum atomic E-state index is 12.9. The smallest absolute Gasteiger partial charge is 0.260 e. The van der Waals surface area contributed by atoms with E-state index in [1.54, 1.807) is 38.4 Å². The van der Waals surface area contributed by atoms with Crippen LogP contribution in [0.15, 0.2) is 52.2 Å². The number of likely N-dealkylation sites (N-methyl/N-ethyl adjacent to an activating group) is 1. The quantitative estimate of drug-likeness (QED) is 0.795. The molecule has 2 amide bonds. The first-order chi connectivity index (χ1) is 13.0. The van der Waals surface area contributed by atoms with Crippen molar-refractivity contribution in [2.75, 3.05) is 13.6 Å². The Morgan fingerprint density at radius 2 is 2.07 bits per heavy atom. The van der Waals surface area contributed by atoms with Gasteiger partial charge in [-0.1, -0.05) is 23.7 Å². The van der Waals surface area contributed by atoms with Crippen molar-refractivity contribution in [1.29, 1.82) is 0 Å². The Balaban J connectivity index is 1.82. The summed E-state index contributed by atoms with van der Waals surface area (Å²) in [6.45, 7) is 1.76. The van der Waals surface area contributed by atoms with Gasteiger partial charge in [-0.05, 0) is 36.8 Å². The van der Waals surface area contributed by atoms with Gasteiger partial charge in [0.25, 0.3) is 5.91 Å². The SMILES string of the molecule is CNC(=O)CN[C@H](C)C(=O)N1N=C(c2ccc(Cl)cc2)C[C@@H]1c1ccco1. The highest BCUT2D eigenvalue weighted by molar-refractivity contribution is 6.30. The molecule has 2 aromatic rings. The molecule has 27 heavy (non-hydrogen) atoms. The monoisotopic (exact) mass is 388 g/mol. The number of halogens is 1. The third-order valence-electron chi connectivity index (χ3n) is 4.40. The van der Waals surface area contributed by atoms with Gasteiger partial charge in [0.1, 0.15) is 11.8 Å². The van der Waals surface area contributed by atoms with Gasteiger partial charge < -0.3 is 9.73 Å². The van der Waals surface area contributed by atoms with Crippen LogP contribution in [0.5, 0.6) is 0 Å². The van der Waals surface area contributed by atoms with Crippen molar-refractivity contribution >= 4 is 29.1 Å². The van der Waals surface area contributed by atoms with Gasteiger partial charge >= 0.3 is 0 Å². The number of rotatable bonds is 6. The van der Waals surface area contributed by atoms with Crippen LogP contribution in [0.2, 0.25) is 5.02 Å². The molecule has 0 radical (unpaired) electrons. The first-order valence-corrected chi connectivity index (χ1v) is 9.01. The van der Waals surface area contributed by atoms with Crippen LogP contribution in [0.3, 0.4) is 0 Å². The normalized spacial score (nSPS) is 17.5. The van der Waals surface area contributed by atoms with E-state index in [0.717, 1.165) is 11.3 Å². The Bertz CT molecular complexity index is 833. The number of hydrogen-bond donors (Lipinski definition) is 2. The summed E-state index contributed by atoms with van der Waals surface area (Å²) in [5, 5.41) is 12.1. The topological polar surface area (TPSA) is 86.9 Å². The zero-order chi connectivity index (χ0) is 19.4. The summed E-state index contributed by atoms with van der Waals surface area (Å²) in [6, 6.07) is 10.0. The number of benzene rings is 1. The lowest BCUT2D eigenvalue weighted by Crippen LogP contribution is -2.45. The average molecular weight is 389 g/mol. The van der Waals surface area contributed by atoms with Gasteiger partial charge in [-0.25, -0.2) is 5.01 Å². The highest BCUT2D eigenvalue weighted by atomic mass is 35.5. The molecule has 1 aliphatic rings. The maximum absolute atomic E-state index is 12.9. The van der Waals surface area contributed by atoms with Crippen LogP contribution < -0.4 is 10.6 Å². The van der Waals surface area contributed by atoms with Crippen LogP contribution in [0.4, 0.5) is 0 Å². The van der Waals surface area contributed by atoms with Crippen LogP contribution in [0.1, 0.15) is 30.7 Å². The first-order valence-electron chi connectivity index (χ1n) is 8.63. The molecule has 0 saturated carbocycles. The van der Waals surface area contributed by atoms with Gasteiger partial charge in [0, 0.05) is 18.5 Å². The van der Waals surface area contributed by atoms with Crippen molar-refractivity contribution in [2.24, 2.45) is 5.10 Å². The molecule has 0 fully saturated rings. The van der Waals surface area contributed by atoms with E-state index in [4.69, 9.17) is 16.0 Å². The molecule has 3 rings (SSSR count). The second kappa shape index (κ2) is 8.37. The molecule has 1 aromatic heterocycles. The molecular weight excluding hydrogens is 368 g/mol. The molecule has 7 nitrogen and oxygen atoms in total. The number of carbonyl (C=O) groups is 2. The minimum absolute atomic E-state index is 0.0520. The van der Waals surface area contributed by atoms with E-state index in [2.05, 4.69) is 15.7 Å². The van der Waals surface area contributed by atoms with Crippen molar-refractivity contribution in [3.05, 3.63) is 59.0 Å². The number of carbonyl (C=O) groups excluding carboxylic acids is 2. The predicted octanol–water partition coefficient (Wildman–Crippen LogP) is 2.33. The van der Waals surface area contributed by atoms with Crippen molar-refractivity contribution in [3.63, 3.8) is 0 Å². The van der Waals surface area contributed by atoms with Gasteiger partial charge in [0.15, 0.2) is 0 Å². The van der Waals surface area contributed by atoms with Crippen molar-refractivity contribution < 1.29 is 14.0 Å². The highest BCUT2D eigenvalue weighted by Crippen LogP contribution is 2.33. The summed E-state index contributed by atoms with van der Waals surface area (Å²) >= 11 is 5.96. The summed E-state index contributed by atoms with van der Waals surface area (Å²) in [7, 11) is 1.55. The molecule has 8 heteroatoms. The van der Waals surface area contributed by atoms with E-state index in [-0.39, 0.29) is 24.4 Å². The first kappa shape index (κ1) is 19.1. The second-order valence-electron chi connectivity index (χ2n) is 6.25. The molecule has 2 atom stereocenters. The maximum Gasteiger partial charge on any atom is 0.260 e. The standard InChI is InChI=1S/C19H21ClN4O3/c1-12(22-11-18(25)21-2)19(26)24-16(17-4-3-9-27-17)10-15(23-24)13-5-7-14(20)8-6-13/h3-9,12,16,22H,10-11H2,1-2H3,(H,21,25)/t12-,16-/m1/s1. The van der Waals surface area contributed by atoms with Gasteiger partial charge in [-0.3, -0.25) is 14.9 Å². The van der Waals surface area contributed by atoms with Crippen LogP contribution >= 0.6 is 11.6 Å². The van der Waals surface area contributed by atoms with E-state index in [1.807, 2.05) is 18.2 Å². The number of hydrogen-bond acceptors (Lipinski definition) is 5. The van der Waals surface area contributed by atoms with Crippen molar-refractivity contribution in [2.45, 2.75) is 25.4 Å². The Labute approximate surface area is 162 Å². The molecule has 0 spiro atoms. The minimum atomic E-state index is -0.576. The van der Waals surface area contributed by atoms with Crippen molar-refractivity contribution in [3.8, 4) is 0 Å². The second-order valence-corrected chi connectivity index (χ2v) is 6.68. The number of nitrogens with one attached hydrogen (secondary N) is 2. The fourth-order valence-electron chi connectivity index (χ4n) is 2.85. The summed E-state index contributed by atoms with van der Waals surface area (Å²) < 4.78 is 5.52. The molecular formula is C19H21ClN4O3.